The fourth-order valence-corrected chi connectivity index (χ4v) is 2.77. The van der Waals surface area contributed by atoms with E-state index in [4.69, 9.17) is 11.6 Å². The van der Waals surface area contributed by atoms with Crippen molar-refractivity contribution in [3.05, 3.63) is 70.7 Å². The zero-order valence-corrected chi connectivity index (χ0v) is 11.0. The van der Waals surface area contributed by atoms with Crippen LogP contribution in [-0.2, 0) is 11.8 Å². The van der Waals surface area contributed by atoms with Gasteiger partial charge < -0.3 is 5.32 Å². The molecule has 0 amide bonds. The first-order valence-electron chi connectivity index (χ1n) is 6.29. The molecule has 0 atom stereocenters. The van der Waals surface area contributed by atoms with Crippen LogP contribution in [0.2, 0.25) is 5.02 Å². The lowest BCUT2D eigenvalue weighted by Gasteiger charge is -2.43. The third-order valence-electron chi connectivity index (χ3n) is 3.77. The maximum absolute atomic E-state index is 5.97. The predicted molar refractivity (Wildman–Crippen MR) is 76.1 cm³/mol. The number of nitrogens with one attached hydrogen (secondary N) is 1. The minimum Gasteiger partial charge on any atom is -0.315 e. The van der Waals surface area contributed by atoms with Crippen LogP contribution in [0.1, 0.15) is 11.1 Å². The molecule has 1 aliphatic heterocycles. The molecule has 3 rings (SSSR count). The highest BCUT2D eigenvalue weighted by Gasteiger charge is 2.38. The van der Waals surface area contributed by atoms with Crippen LogP contribution in [0.3, 0.4) is 0 Å². The van der Waals surface area contributed by atoms with E-state index in [9.17, 15) is 0 Å². The molecular weight excluding hydrogens is 242 g/mol. The van der Waals surface area contributed by atoms with E-state index in [1.165, 1.54) is 11.1 Å². The number of hydrogen-bond donors (Lipinski definition) is 1. The number of halogens is 1. The molecule has 1 heterocycles. The molecule has 1 nitrogen and oxygen atoms in total. The summed E-state index contributed by atoms with van der Waals surface area (Å²) in [5.74, 6) is 0. The molecule has 0 unspecified atom stereocenters. The van der Waals surface area contributed by atoms with Gasteiger partial charge in [-0.2, -0.15) is 0 Å². The molecule has 2 aromatic carbocycles. The second-order valence-electron chi connectivity index (χ2n) is 5.05. The molecule has 0 spiro atoms. The molecule has 1 saturated heterocycles. The van der Waals surface area contributed by atoms with Crippen LogP contribution in [0.15, 0.2) is 54.6 Å². The number of rotatable bonds is 3. The van der Waals surface area contributed by atoms with Crippen LogP contribution < -0.4 is 5.32 Å². The molecule has 0 saturated carbocycles. The van der Waals surface area contributed by atoms with Gasteiger partial charge in [-0.25, -0.2) is 0 Å². The van der Waals surface area contributed by atoms with Crippen molar-refractivity contribution in [3.8, 4) is 0 Å². The Labute approximate surface area is 113 Å². The maximum atomic E-state index is 5.97. The SMILES string of the molecule is Clc1ccc(C2(Cc3ccccc3)CNC2)cc1. The molecule has 0 aromatic heterocycles. The summed E-state index contributed by atoms with van der Waals surface area (Å²) < 4.78 is 0. The van der Waals surface area contributed by atoms with Gasteiger partial charge in [0.2, 0.25) is 0 Å². The van der Waals surface area contributed by atoms with E-state index in [1.807, 2.05) is 12.1 Å². The molecule has 0 bridgehead atoms. The number of benzene rings is 2. The molecule has 18 heavy (non-hydrogen) atoms. The van der Waals surface area contributed by atoms with Crippen LogP contribution in [0.5, 0.6) is 0 Å². The third-order valence-corrected chi connectivity index (χ3v) is 4.02. The van der Waals surface area contributed by atoms with Crippen LogP contribution in [0, 0.1) is 0 Å². The topological polar surface area (TPSA) is 12.0 Å². The van der Waals surface area contributed by atoms with Crippen molar-refractivity contribution in [2.24, 2.45) is 0 Å². The van der Waals surface area contributed by atoms with Gasteiger partial charge in [0.05, 0.1) is 0 Å². The fourth-order valence-electron chi connectivity index (χ4n) is 2.65. The smallest absolute Gasteiger partial charge is 0.0406 e. The second-order valence-corrected chi connectivity index (χ2v) is 5.49. The van der Waals surface area contributed by atoms with Gasteiger partial charge in [-0.15, -0.1) is 0 Å². The molecule has 1 N–H and O–H groups in total. The number of hydrogen-bond acceptors (Lipinski definition) is 1. The summed E-state index contributed by atoms with van der Waals surface area (Å²) in [6.07, 6.45) is 1.09. The second kappa shape index (κ2) is 4.75. The zero-order chi connectivity index (χ0) is 12.4. The lowest BCUT2D eigenvalue weighted by molar-refractivity contribution is 0.275. The highest BCUT2D eigenvalue weighted by molar-refractivity contribution is 6.30. The van der Waals surface area contributed by atoms with Gasteiger partial charge in [-0.1, -0.05) is 54.1 Å². The summed E-state index contributed by atoms with van der Waals surface area (Å²) in [4.78, 5) is 0. The third kappa shape index (κ3) is 2.16. The summed E-state index contributed by atoms with van der Waals surface area (Å²) >= 11 is 5.97. The van der Waals surface area contributed by atoms with E-state index in [-0.39, 0.29) is 5.41 Å². The lowest BCUT2D eigenvalue weighted by Crippen LogP contribution is -2.58. The van der Waals surface area contributed by atoms with Crippen molar-refractivity contribution in [2.45, 2.75) is 11.8 Å². The first-order valence-corrected chi connectivity index (χ1v) is 6.67. The minimum absolute atomic E-state index is 0.242. The largest absolute Gasteiger partial charge is 0.315 e. The van der Waals surface area contributed by atoms with Crippen LogP contribution >= 0.6 is 11.6 Å². The molecule has 92 valence electrons. The Morgan fingerprint density at radius 3 is 2.17 bits per heavy atom. The van der Waals surface area contributed by atoms with Gasteiger partial charge in [-0.05, 0) is 29.7 Å². The zero-order valence-electron chi connectivity index (χ0n) is 10.2. The van der Waals surface area contributed by atoms with Crippen LogP contribution in [0.4, 0.5) is 0 Å². The molecule has 2 aromatic rings. The van der Waals surface area contributed by atoms with Gasteiger partial charge in [0.25, 0.3) is 0 Å². The van der Waals surface area contributed by atoms with Gasteiger partial charge >= 0.3 is 0 Å². The summed E-state index contributed by atoms with van der Waals surface area (Å²) in [6.45, 7) is 2.09. The van der Waals surface area contributed by atoms with E-state index >= 15 is 0 Å². The quantitative estimate of drug-likeness (QED) is 0.889. The average molecular weight is 258 g/mol. The Morgan fingerprint density at radius 2 is 1.61 bits per heavy atom. The van der Waals surface area contributed by atoms with Crippen molar-refractivity contribution < 1.29 is 0 Å². The summed E-state index contributed by atoms with van der Waals surface area (Å²) in [5, 5.41) is 4.21. The van der Waals surface area contributed by atoms with Crippen molar-refractivity contribution in [2.75, 3.05) is 13.1 Å². The fraction of sp³-hybridized carbons (Fsp3) is 0.250. The maximum Gasteiger partial charge on any atom is 0.0406 e. The van der Waals surface area contributed by atoms with Gasteiger partial charge in [-0.3, -0.25) is 0 Å². The van der Waals surface area contributed by atoms with E-state index in [2.05, 4.69) is 47.8 Å². The van der Waals surface area contributed by atoms with Crippen molar-refractivity contribution in [1.82, 2.24) is 5.32 Å². The highest BCUT2D eigenvalue weighted by Crippen LogP contribution is 2.33. The molecule has 2 heteroatoms. The van der Waals surface area contributed by atoms with Crippen molar-refractivity contribution >= 4 is 11.6 Å². The monoisotopic (exact) mass is 257 g/mol. The van der Waals surface area contributed by atoms with E-state index in [0.29, 0.717) is 0 Å². The first-order chi connectivity index (χ1) is 8.78. The van der Waals surface area contributed by atoms with Gasteiger partial charge in [0.15, 0.2) is 0 Å². The van der Waals surface area contributed by atoms with E-state index in [0.717, 1.165) is 24.5 Å². The predicted octanol–water partition coefficient (Wildman–Crippen LogP) is 3.42. The first kappa shape index (κ1) is 11.8. The summed E-state index contributed by atoms with van der Waals surface area (Å²) in [6, 6.07) is 19.0. The molecule has 1 aliphatic rings. The molecule has 1 fully saturated rings. The summed E-state index contributed by atoms with van der Waals surface area (Å²) in [7, 11) is 0. The standard InChI is InChI=1S/C16H16ClN/c17-15-8-6-14(7-9-15)16(11-18-12-16)10-13-4-2-1-3-5-13/h1-9,18H,10-12H2. The molecule has 0 aliphatic carbocycles. The van der Waals surface area contributed by atoms with Crippen LogP contribution in [0.25, 0.3) is 0 Å². The minimum atomic E-state index is 0.242. The van der Waals surface area contributed by atoms with Gasteiger partial charge in [0, 0.05) is 23.5 Å². The Kier molecular flexibility index (Phi) is 3.11. The van der Waals surface area contributed by atoms with E-state index < -0.39 is 0 Å². The lowest BCUT2D eigenvalue weighted by atomic mass is 9.71. The summed E-state index contributed by atoms with van der Waals surface area (Å²) in [5.41, 5.74) is 3.02. The molecule has 0 radical (unpaired) electrons. The van der Waals surface area contributed by atoms with Crippen molar-refractivity contribution in [1.29, 1.82) is 0 Å². The Bertz CT molecular complexity index is 515. The van der Waals surface area contributed by atoms with Gasteiger partial charge in [0.1, 0.15) is 0 Å². The van der Waals surface area contributed by atoms with Crippen LogP contribution in [-0.4, -0.2) is 13.1 Å². The normalized spacial score (nSPS) is 17.2. The Balaban J connectivity index is 1.88. The van der Waals surface area contributed by atoms with Crippen molar-refractivity contribution in [3.63, 3.8) is 0 Å². The van der Waals surface area contributed by atoms with E-state index in [1.54, 1.807) is 0 Å². The Hall–Kier alpha value is -1.31. The Morgan fingerprint density at radius 1 is 0.944 bits per heavy atom. The average Bonchev–Trinajstić information content (AvgIpc) is 2.36. The highest BCUT2D eigenvalue weighted by atomic mass is 35.5. The molecular formula is C16H16ClN.